The van der Waals surface area contributed by atoms with Crippen molar-refractivity contribution in [1.82, 2.24) is 19.3 Å². The fraction of sp³-hybridized carbons (Fsp3) is 0.273. The van der Waals surface area contributed by atoms with Crippen LogP contribution in [0.1, 0.15) is 10.6 Å². The number of rotatable bonds is 2. The summed E-state index contributed by atoms with van der Waals surface area (Å²) >= 11 is 5.16. The Kier molecular flexibility index (Phi) is 2.67. The summed E-state index contributed by atoms with van der Waals surface area (Å²) in [4.78, 5) is 5.62. The number of halogens is 1. The topological polar surface area (TPSA) is 61.7 Å². The number of hydrogen-bond acceptors (Lipinski definition) is 4. The van der Waals surface area contributed by atoms with Crippen LogP contribution in [0, 0.1) is 6.92 Å². The summed E-state index contributed by atoms with van der Waals surface area (Å²) in [5.41, 5.74) is 8.75. The molecule has 0 fully saturated rings. The zero-order valence-electron chi connectivity index (χ0n) is 10.0. The maximum atomic E-state index is 5.99. The van der Waals surface area contributed by atoms with Crippen molar-refractivity contribution in [1.29, 1.82) is 0 Å². The van der Waals surface area contributed by atoms with Crippen LogP contribution in [-0.4, -0.2) is 19.3 Å². The molecule has 0 spiro atoms. The van der Waals surface area contributed by atoms with Gasteiger partial charge in [-0.3, -0.25) is 9.25 Å². The van der Waals surface area contributed by atoms with E-state index in [1.165, 1.54) is 4.88 Å². The Morgan fingerprint density at radius 1 is 1.50 bits per heavy atom. The average molecular weight is 326 g/mol. The molecule has 0 aliphatic carbocycles. The van der Waals surface area contributed by atoms with Crippen LogP contribution in [0.15, 0.2) is 15.9 Å². The van der Waals surface area contributed by atoms with Crippen molar-refractivity contribution in [2.75, 3.05) is 5.73 Å². The molecule has 5 nitrogen and oxygen atoms in total. The molecule has 7 heteroatoms. The summed E-state index contributed by atoms with van der Waals surface area (Å²) in [6.07, 6.45) is 0. The molecule has 18 heavy (non-hydrogen) atoms. The molecule has 94 valence electrons. The summed E-state index contributed by atoms with van der Waals surface area (Å²) in [5.74, 6) is 0.533. The quantitative estimate of drug-likeness (QED) is 0.787. The van der Waals surface area contributed by atoms with Crippen LogP contribution in [-0.2, 0) is 13.6 Å². The molecule has 0 bridgehead atoms. The Morgan fingerprint density at radius 2 is 2.28 bits per heavy atom. The lowest BCUT2D eigenvalue weighted by Crippen LogP contribution is -2.07. The second-order valence-corrected chi connectivity index (χ2v) is 6.08. The van der Waals surface area contributed by atoms with E-state index in [1.54, 1.807) is 11.3 Å². The highest BCUT2D eigenvalue weighted by molar-refractivity contribution is 9.10. The first-order chi connectivity index (χ1) is 8.56. The summed E-state index contributed by atoms with van der Waals surface area (Å²) in [6.45, 7) is 2.67. The molecular formula is C11H12BrN5S. The molecule has 0 aromatic carbocycles. The smallest absolute Gasteiger partial charge is 0.202 e. The monoisotopic (exact) mass is 325 g/mol. The lowest BCUT2D eigenvalue weighted by atomic mass is 10.4. The zero-order chi connectivity index (χ0) is 12.9. The lowest BCUT2D eigenvalue weighted by molar-refractivity contribution is 0.729. The number of anilines is 1. The molecule has 0 saturated heterocycles. The van der Waals surface area contributed by atoms with E-state index in [9.17, 15) is 0 Å². The van der Waals surface area contributed by atoms with Gasteiger partial charge in [-0.05, 0) is 28.9 Å². The van der Waals surface area contributed by atoms with Crippen molar-refractivity contribution in [2.24, 2.45) is 7.05 Å². The van der Waals surface area contributed by atoms with E-state index in [0.29, 0.717) is 5.95 Å². The Morgan fingerprint density at radius 3 is 2.94 bits per heavy atom. The summed E-state index contributed by atoms with van der Waals surface area (Å²) in [7, 11) is 1.91. The molecule has 0 unspecified atom stereocenters. The second kappa shape index (κ2) is 4.10. The molecule has 0 amide bonds. The van der Waals surface area contributed by atoms with Gasteiger partial charge < -0.3 is 5.73 Å². The van der Waals surface area contributed by atoms with E-state index >= 15 is 0 Å². The van der Waals surface area contributed by atoms with Gasteiger partial charge in [-0.25, -0.2) is 4.98 Å². The average Bonchev–Trinajstić information content (AvgIpc) is 2.91. The SMILES string of the molecule is Cc1nn(C)c2c1nc(N)n2Cc1cc(Br)cs1. The maximum Gasteiger partial charge on any atom is 0.202 e. The lowest BCUT2D eigenvalue weighted by Gasteiger charge is -2.04. The van der Waals surface area contributed by atoms with Crippen LogP contribution in [0.25, 0.3) is 11.2 Å². The van der Waals surface area contributed by atoms with Gasteiger partial charge in [-0.1, -0.05) is 0 Å². The van der Waals surface area contributed by atoms with E-state index in [1.807, 2.05) is 23.2 Å². The molecule has 3 heterocycles. The number of nitrogens with zero attached hydrogens (tertiary/aromatic N) is 4. The zero-order valence-corrected chi connectivity index (χ0v) is 12.4. The van der Waals surface area contributed by atoms with Gasteiger partial charge >= 0.3 is 0 Å². The van der Waals surface area contributed by atoms with Gasteiger partial charge in [-0.2, -0.15) is 5.10 Å². The minimum absolute atomic E-state index is 0.533. The Hall–Kier alpha value is -1.34. The van der Waals surface area contributed by atoms with Gasteiger partial charge in [0.05, 0.1) is 12.2 Å². The third kappa shape index (κ3) is 1.74. The third-order valence-corrected chi connectivity index (χ3v) is 4.54. The summed E-state index contributed by atoms with van der Waals surface area (Å²) < 4.78 is 4.92. The van der Waals surface area contributed by atoms with Crippen LogP contribution >= 0.6 is 27.3 Å². The molecule has 3 aromatic rings. The number of aryl methyl sites for hydroxylation is 2. The van der Waals surface area contributed by atoms with Crippen LogP contribution in [0.4, 0.5) is 5.95 Å². The number of hydrogen-bond donors (Lipinski definition) is 1. The standard InChI is InChI=1S/C11H12BrN5S/c1-6-9-10(16(2)15-6)17(11(13)14-9)4-8-3-7(12)5-18-8/h3,5H,4H2,1-2H3,(H2,13,14). The number of aromatic nitrogens is 4. The molecule has 0 saturated carbocycles. The van der Waals surface area contributed by atoms with E-state index in [0.717, 1.165) is 27.9 Å². The van der Waals surface area contributed by atoms with E-state index < -0.39 is 0 Å². The molecule has 0 radical (unpaired) electrons. The van der Waals surface area contributed by atoms with E-state index in [2.05, 4.69) is 37.5 Å². The van der Waals surface area contributed by atoms with Crippen molar-refractivity contribution in [3.63, 3.8) is 0 Å². The second-order valence-electron chi connectivity index (χ2n) is 4.17. The van der Waals surface area contributed by atoms with Gasteiger partial charge in [0.25, 0.3) is 0 Å². The van der Waals surface area contributed by atoms with Crippen molar-refractivity contribution >= 4 is 44.4 Å². The first-order valence-electron chi connectivity index (χ1n) is 5.44. The highest BCUT2D eigenvalue weighted by Crippen LogP contribution is 2.25. The largest absolute Gasteiger partial charge is 0.369 e. The molecule has 3 aromatic heterocycles. The number of thiophene rings is 1. The van der Waals surface area contributed by atoms with Gasteiger partial charge in [0, 0.05) is 21.8 Å². The van der Waals surface area contributed by atoms with Crippen LogP contribution in [0.3, 0.4) is 0 Å². The molecule has 0 atom stereocenters. The Balaban J connectivity index is 2.13. The highest BCUT2D eigenvalue weighted by atomic mass is 79.9. The van der Waals surface area contributed by atoms with Crippen molar-refractivity contribution in [3.8, 4) is 0 Å². The Labute approximate surface area is 116 Å². The van der Waals surface area contributed by atoms with Crippen molar-refractivity contribution in [3.05, 3.63) is 26.5 Å². The van der Waals surface area contributed by atoms with Crippen LogP contribution in [0.2, 0.25) is 0 Å². The minimum Gasteiger partial charge on any atom is -0.369 e. The van der Waals surface area contributed by atoms with Crippen LogP contribution < -0.4 is 5.73 Å². The van der Waals surface area contributed by atoms with Gasteiger partial charge in [-0.15, -0.1) is 11.3 Å². The molecular weight excluding hydrogens is 314 g/mol. The Bertz CT molecular complexity index is 723. The minimum atomic E-state index is 0.533. The van der Waals surface area contributed by atoms with Crippen molar-refractivity contribution < 1.29 is 0 Å². The predicted octanol–water partition coefficient (Wildman–Crippen LogP) is 2.53. The van der Waals surface area contributed by atoms with Crippen molar-refractivity contribution in [2.45, 2.75) is 13.5 Å². The third-order valence-electron chi connectivity index (χ3n) is 2.86. The van der Waals surface area contributed by atoms with E-state index in [-0.39, 0.29) is 0 Å². The normalized spacial score (nSPS) is 11.5. The summed E-state index contributed by atoms with van der Waals surface area (Å²) in [6, 6.07) is 2.10. The van der Waals surface area contributed by atoms with Crippen LogP contribution in [0.5, 0.6) is 0 Å². The number of fused-ring (bicyclic) bond motifs is 1. The van der Waals surface area contributed by atoms with E-state index in [4.69, 9.17) is 5.73 Å². The maximum absolute atomic E-state index is 5.99. The highest BCUT2D eigenvalue weighted by Gasteiger charge is 2.16. The first kappa shape index (κ1) is 11.7. The fourth-order valence-corrected chi connectivity index (χ4v) is 3.54. The summed E-state index contributed by atoms with van der Waals surface area (Å²) in [5, 5.41) is 6.43. The fourth-order valence-electron chi connectivity index (χ4n) is 2.10. The molecule has 0 aliphatic rings. The predicted molar refractivity (Wildman–Crippen MR) is 76.8 cm³/mol. The first-order valence-corrected chi connectivity index (χ1v) is 7.11. The van der Waals surface area contributed by atoms with Gasteiger partial charge in [0.15, 0.2) is 5.65 Å². The molecule has 0 aliphatic heterocycles. The number of imidazole rings is 1. The molecule has 2 N–H and O–H groups in total. The molecule has 3 rings (SSSR count). The van der Waals surface area contributed by atoms with Gasteiger partial charge in [0.1, 0.15) is 5.52 Å². The van der Waals surface area contributed by atoms with Gasteiger partial charge in [0.2, 0.25) is 5.95 Å². The number of nitrogens with two attached hydrogens (primary N) is 1. The number of nitrogen functional groups attached to an aromatic ring is 1.